The van der Waals surface area contributed by atoms with Crippen molar-refractivity contribution in [3.63, 3.8) is 0 Å². The van der Waals surface area contributed by atoms with E-state index in [1.54, 1.807) is 0 Å². The third-order valence-corrected chi connectivity index (χ3v) is 3.73. The molecule has 3 aromatic rings. The van der Waals surface area contributed by atoms with E-state index in [-0.39, 0.29) is 0 Å². The molecule has 0 radical (unpaired) electrons. The molecular formula is C17H14ClN3. The number of halogens is 1. The van der Waals surface area contributed by atoms with Crippen molar-refractivity contribution in [3.05, 3.63) is 59.4 Å². The minimum absolute atomic E-state index is 0.497. The Kier molecular flexibility index (Phi) is 3.64. The van der Waals surface area contributed by atoms with Crippen molar-refractivity contribution in [1.82, 2.24) is 9.55 Å². The first-order valence-corrected chi connectivity index (χ1v) is 7.32. The molecule has 0 fully saturated rings. The molecule has 0 unspecified atom stereocenters. The second kappa shape index (κ2) is 5.59. The van der Waals surface area contributed by atoms with E-state index in [4.69, 9.17) is 16.6 Å². The van der Waals surface area contributed by atoms with Crippen LogP contribution in [0.2, 0.25) is 0 Å². The van der Waals surface area contributed by atoms with Crippen molar-refractivity contribution < 1.29 is 0 Å². The van der Waals surface area contributed by atoms with Crippen LogP contribution in [0.15, 0.2) is 42.5 Å². The van der Waals surface area contributed by atoms with Gasteiger partial charge in [-0.1, -0.05) is 24.3 Å². The van der Waals surface area contributed by atoms with Crippen LogP contribution < -0.4 is 0 Å². The highest BCUT2D eigenvalue weighted by Gasteiger charge is 2.15. The van der Waals surface area contributed by atoms with Gasteiger partial charge in [-0.2, -0.15) is 5.26 Å². The minimum Gasteiger partial charge on any atom is -0.295 e. The summed E-state index contributed by atoms with van der Waals surface area (Å²) in [5.74, 6) is 1.38. The molecule has 0 aliphatic carbocycles. The lowest BCUT2D eigenvalue weighted by Crippen LogP contribution is -2.04. The number of hydrogen-bond acceptors (Lipinski definition) is 2. The summed E-state index contributed by atoms with van der Waals surface area (Å²) in [7, 11) is 0. The van der Waals surface area contributed by atoms with Gasteiger partial charge in [-0.15, -0.1) is 11.6 Å². The minimum atomic E-state index is 0.497. The molecule has 21 heavy (non-hydrogen) atoms. The van der Waals surface area contributed by atoms with Crippen LogP contribution in [-0.4, -0.2) is 15.4 Å². The van der Waals surface area contributed by atoms with Gasteiger partial charge in [0.15, 0.2) is 0 Å². The molecule has 104 valence electrons. The highest BCUT2D eigenvalue weighted by Crippen LogP contribution is 2.26. The average Bonchev–Trinajstić information content (AvgIpc) is 2.87. The summed E-state index contributed by atoms with van der Waals surface area (Å²) in [6, 6.07) is 15.9. The van der Waals surface area contributed by atoms with Crippen LogP contribution >= 0.6 is 11.6 Å². The second-order valence-corrected chi connectivity index (χ2v) is 5.25. The summed E-state index contributed by atoms with van der Waals surface area (Å²) < 4.78 is 2.04. The highest BCUT2D eigenvalue weighted by molar-refractivity contribution is 6.18. The fourth-order valence-corrected chi connectivity index (χ4v) is 2.74. The van der Waals surface area contributed by atoms with Gasteiger partial charge in [-0.25, -0.2) is 4.98 Å². The third-order valence-electron chi connectivity index (χ3n) is 3.54. The van der Waals surface area contributed by atoms with Crippen molar-refractivity contribution in [3.8, 4) is 11.8 Å². The van der Waals surface area contributed by atoms with Crippen LogP contribution in [0.3, 0.4) is 0 Å². The van der Waals surface area contributed by atoms with Crippen LogP contribution in [0.25, 0.3) is 16.7 Å². The number of benzene rings is 2. The highest BCUT2D eigenvalue weighted by atomic mass is 35.5. The van der Waals surface area contributed by atoms with Crippen LogP contribution in [0.5, 0.6) is 0 Å². The zero-order chi connectivity index (χ0) is 14.8. The van der Waals surface area contributed by atoms with Gasteiger partial charge >= 0.3 is 0 Å². The zero-order valence-corrected chi connectivity index (χ0v) is 12.4. The molecule has 0 aliphatic rings. The standard InChI is InChI=1S/C17H14ClN3/c1-12-5-4-8-15-17(12)20-16(9-10-18)21(15)14-7-3-2-6-13(14)11-19/h2-8H,9-10H2,1H3. The monoisotopic (exact) mass is 295 g/mol. The summed E-state index contributed by atoms with van der Waals surface area (Å²) in [5, 5.41) is 9.35. The molecule has 0 saturated carbocycles. The Balaban J connectivity index is 2.37. The number of rotatable bonds is 3. The van der Waals surface area contributed by atoms with Crippen LogP contribution in [0.4, 0.5) is 0 Å². The lowest BCUT2D eigenvalue weighted by Gasteiger charge is -2.10. The molecule has 2 aromatic carbocycles. The van der Waals surface area contributed by atoms with Crippen molar-refractivity contribution in [2.75, 3.05) is 5.88 Å². The van der Waals surface area contributed by atoms with E-state index < -0.39 is 0 Å². The molecule has 1 aromatic heterocycles. The van der Waals surface area contributed by atoms with Crippen LogP contribution in [-0.2, 0) is 6.42 Å². The number of fused-ring (bicyclic) bond motifs is 1. The van der Waals surface area contributed by atoms with Crippen LogP contribution in [0, 0.1) is 18.3 Å². The SMILES string of the molecule is Cc1cccc2c1nc(CCCl)n2-c1ccccc1C#N. The quantitative estimate of drug-likeness (QED) is 0.686. The largest absolute Gasteiger partial charge is 0.295 e. The maximum Gasteiger partial charge on any atom is 0.115 e. The lowest BCUT2D eigenvalue weighted by molar-refractivity contribution is 0.910. The molecule has 0 atom stereocenters. The predicted octanol–water partition coefficient (Wildman–Crippen LogP) is 3.99. The smallest absolute Gasteiger partial charge is 0.115 e. The van der Waals surface area contributed by atoms with Gasteiger partial charge in [0.1, 0.15) is 11.9 Å². The number of imidazole rings is 1. The average molecular weight is 296 g/mol. The van der Waals surface area contributed by atoms with E-state index in [1.165, 1.54) is 0 Å². The number of hydrogen-bond donors (Lipinski definition) is 0. The normalized spacial score (nSPS) is 10.7. The number of nitrogens with zero attached hydrogens (tertiary/aromatic N) is 3. The number of alkyl halides is 1. The molecule has 0 N–H and O–H groups in total. The Labute approximate surface area is 128 Å². The second-order valence-electron chi connectivity index (χ2n) is 4.87. The van der Waals surface area contributed by atoms with Gasteiger partial charge in [-0.05, 0) is 30.7 Å². The summed E-state index contributed by atoms with van der Waals surface area (Å²) in [6.45, 7) is 2.04. The Hall–Kier alpha value is -2.31. The van der Waals surface area contributed by atoms with E-state index in [9.17, 15) is 5.26 Å². The van der Waals surface area contributed by atoms with E-state index in [0.29, 0.717) is 17.9 Å². The summed E-state index contributed by atoms with van der Waals surface area (Å²) >= 11 is 5.92. The summed E-state index contributed by atoms with van der Waals surface area (Å²) in [4.78, 5) is 4.72. The third kappa shape index (κ3) is 2.28. The Bertz CT molecular complexity index is 843. The van der Waals surface area contributed by atoms with Gasteiger partial charge in [0.25, 0.3) is 0 Å². The molecule has 4 heteroatoms. The van der Waals surface area contributed by atoms with Crippen molar-refractivity contribution in [2.24, 2.45) is 0 Å². The molecule has 3 nitrogen and oxygen atoms in total. The molecule has 1 heterocycles. The number of nitriles is 1. The molecule has 3 rings (SSSR count). The molecule has 0 aliphatic heterocycles. The maximum atomic E-state index is 9.35. The summed E-state index contributed by atoms with van der Waals surface area (Å²) in [5.41, 5.74) is 4.59. The molecule has 0 bridgehead atoms. The van der Waals surface area contributed by atoms with Gasteiger partial charge < -0.3 is 0 Å². The molecule has 0 saturated heterocycles. The van der Waals surface area contributed by atoms with Gasteiger partial charge in [0.2, 0.25) is 0 Å². The van der Waals surface area contributed by atoms with Gasteiger partial charge in [0.05, 0.1) is 22.3 Å². The maximum absolute atomic E-state index is 9.35. The van der Waals surface area contributed by atoms with E-state index in [2.05, 4.69) is 6.07 Å². The van der Waals surface area contributed by atoms with E-state index in [1.807, 2.05) is 54.0 Å². The fourth-order valence-electron chi connectivity index (χ4n) is 2.57. The number of para-hydroxylation sites is 2. The Morgan fingerprint density at radius 1 is 1.19 bits per heavy atom. The zero-order valence-electron chi connectivity index (χ0n) is 11.7. The van der Waals surface area contributed by atoms with Crippen LogP contribution in [0.1, 0.15) is 17.0 Å². The van der Waals surface area contributed by atoms with Crippen molar-refractivity contribution in [2.45, 2.75) is 13.3 Å². The number of aryl methyl sites for hydroxylation is 2. The van der Waals surface area contributed by atoms with E-state index >= 15 is 0 Å². The topological polar surface area (TPSA) is 41.6 Å². The van der Waals surface area contributed by atoms with Crippen molar-refractivity contribution >= 4 is 22.6 Å². The fraction of sp³-hybridized carbons (Fsp3) is 0.176. The van der Waals surface area contributed by atoms with Gasteiger partial charge in [0, 0.05) is 12.3 Å². The van der Waals surface area contributed by atoms with Crippen molar-refractivity contribution in [1.29, 1.82) is 5.26 Å². The summed E-state index contributed by atoms with van der Waals surface area (Å²) in [6.07, 6.45) is 0.662. The molecular weight excluding hydrogens is 282 g/mol. The predicted molar refractivity (Wildman–Crippen MR) is 84.9 cm³/mol. The van der Waals surface area contributed by atoms with E-state index in [0.717, 1.165) is 28.1 Å². The molecule has 0 amide bonds. The molecule has 0 spiro atoms. The Morgan fingerprint density at radius 3 is 2.76 bits per heavy atom. The van der Waals surface area contributed by atoms with Gasteiger partial charge in [-0.3, -0.25) is 4.57 Å². The lowest BCUT2D eigenvalue weighted by atomic mass is 10.1. The first-order chi connectivity index (χ1) is 10.3. The number of aromatic nitrogens is 2. The Morgan fingerprint density at radius 2 is 2.00 bits per heavy atom. The first kappa shape index (κ1) is 13.7. The first-order valence-electron chi connectivity index (χ1n) is 6.78.